The molecule has 0 saturated heterocycles. The van der Waals surface area contributed by atoms with E-state index in [1.54, 1.807) is 6.26 Å². The molecule has 0 atom stereocenters. The minimum Gasteiger partial charge on any atom is -0.469 e. The molecule has 3 aromatic rings. The van der Waals surface area contributed by atoms with Crippen molar-refractivity contribution in [2.24, 2.45) is 0 Å². The Balaban J connectivity index is 1.99. The lowest BCUT2D eigenvalue weighted by Gasteiger charge is -2.05. The summed E-state index contributed by atoms with van der Waals surface area (Å²) in [6.07, 6.45) is 4.13. The summed E-state index contributed by atoms with van der Waals surface area (Å²) in [6.45, 7) is 1.93. The molecule has 1 saturated carbocycles. The summed E-state index contributed by atoms with van der Waals surface area (Å²) in [4.78, 5) is 4.72. The highest BCUT2D eigenvalue weighted by molar-refractivity contribution is 5.82. The zero-order valence-corrected chi connectivity index (χ0v) is 11.1. The summed E-state index contributed by atoms with van der Waals surface area (Å²) in [5, 5.41) is 9.02. The lowest BCUT2D eigenvalue weighted by atomic mass is 10.2. The molecule has 0 aliphatic heterocycles. The van der Waals surface area contributed by atoms with Crippen LogP contribution in [-0.4, -0.2) is 9.55 Å². The molecule has 0 radical (unpaired) electrons. The van der Waals surface area contributed by atoms with Crippen molar-refractivity contribution in [3.63, 3.8) is 0 Å². The SMILES string of the molecule is Cc1cc(-c2nc3cc(C#N)ccc3n2C2CC2)co1. The lowest BCUT2D eigenvalue weighted by molar-refractivity contribution is 0.534. The molecule has 0 unspecified atom stereocenters. The first-order valence-electron chi connectivity index (χ1n) is 6.74. The number of hydrogen-bond donors (Lipinski definition) is 0. The van der Waals surface area contributed by atoms with E-state index in [1.165, 1.54) is 12.8 Å². The van der Waals surface area contributed by atoms with Gasteiger partial charge in [0.15, 0.2) is 0 Å². The minimum absolute atomic E-state index is 0.526. The molecule has 4 heteroatoms. The van der Waals surface area contributed by atoms with Crippen molar-refractivity contribution in [3.8, 4) is 17.5 Å². The molecule has 0 bridgehead atoms. The van der Waals surface area contributed by atoms with Gasteiger partial charge in [-0.25, -0.2) is 4.98 Å². The first-order valence-corrected chi connectivity index (χ1v) is 6.74. The van der Waals surface area contributed by atoms with Crippen molar-refractivity contribution < 1.29 is 4.42 Å². The third-order valence-corrected chi connectivity index (χ3v) is 3.72. The maximum absolute atomic E-state index is 9.02. The molecule has 2 aromatic heterocycles. The van der Waals surface area contributed by atoms with Crippen molar-refractivity contribution in [3.05, 3.63) is 41.9 Å². The van der Waals surface area contributed by atoms with Crippen LogP contribution < -0.4 is 0 Å². The van der Waals surface area contributed by atoms with Gasteiger partial charge in [-0.3, -0.25) is 0 Å². The second kappa shape index (κ2) is 3.97. The second-order valence-electron chi connectivity index (χ2n) is 5.30. The van der Waals surface area contributed by atoms with E-state index in [0.29, 0.717) is 11.6 Å². The van der Waals surface area contributed by atoms with Gasteiger partial charge >= 0.3 is 0 Å². The number of furan rings is 1. The highest BCUT2D eigenvalue weighted by Crippen LogP contribution is 2.41. The number of aryl methyl sites for hydroxylation is 1. The Kier molecular flexibility index (Phi) is 2.25. The van der Waals surface area contributed by atoms with Gasteiger partial charge in [0, 0.05) is 6.04 Å². The fourth-order valence-electron chi connectivity index (χ4n) is 2.64. The van der Waals surface area contributed by atoms with Crippen LogP contribution >= 0.6 is 0 Å². The van der Waals surface area contributed by atoms with Gasteiger partial charge < -0.3 is 8.98 Å². The first kappa shape index (κ1) is 11.3. The van der Waals surface area contributed by atoms with Crippen LogP contribution in [0.2, 0.25) is 0 Å². The van der Waals surface area contributed by atoms with Gasteiger partial charge in [0.2, 0.25) is 0 Å². The Hall–Kier alpha value is -2.54. The fraction of sp³-hybridized carbons (Fsp3) is 0.250. The lowest BCUT2D eigenvalue weighted by Crippen LogP contribution is -1.96. The van der Waals surface area contributed by atoms with Crippen LogP contribution in [0.3, 0.4) is 0 Å². The number of nitriles is 1. The molecule has 4 nitrogen and oxygen atoms in total. The van der Waals surface area contributed by atoms with Gasteiger partial charge in [0.25, 0.3) is 0 Å². The smallest absolute Gasteiger partial charge is 0.144 e. The van der Waals surface area contributed by atoms with Gasteiger partial charge in [0.05, 0.1) is 28.2 Å². The standard InChI is InChI=1S/C16H13N3O/c1-10-6-12(9-20-10)16-18-14-7-11(8-17)2-5-15(14)19(16)13-3-4-13/h2,5-7,9,13H,3-4H2,1H3. The Bertz CT molecular complexity index is 846. The number of nitrogens with zero attached hydrogens (tertiary/aromatic N) is 3. The topological polar surface area (TPSA) is 54.8 Å². The Labute approximate surface area is 116 Å². The molecular formula is C16H13N3O. The van der Waals surface area contributed by atoms with Gasteiger partial charge in [-0.1, -0.05) is 0 Å². The van der Waals surface area contributed by atoms with Crippen LogP contribution in [0.4, 0.5) is 0 Å². The molecule has 0 spiro atoms. The number of fused-ring (bicyclic) bond motifs is 1. The molecule has 98 valence electrons. The number of aromatic nitrogens is 2. The summed E-state index contributed by atoms with van der Waals surface area (Å²) in [6, 6.07) is 10.4. The van der Waals surface area contributed by atoms with E-state index < -0.39 is 0 Å². The highest BCUT2D eigenvalue weighted by Gasteiger charge is 2.29. The van der Waals surface area contributed by atoms with Crippen molar-refractivity contribution in [1.29, 1.82) is 5.26 Å². The third kappa shape index (κ3) is 1.64. The second-order valence-corrected chi connectivity index (χ2v) is 5.30. The molecule has 4 rings (SSSR count). The minimum atomic E-state index is 0.526. The predicted octanol–water partition coefficient (Wildman–Crippen LogP) is 3.81. The van der Waals surface area contributed by atoms with Crippen LogP contribution in [-0.2, 0) is 0 Å². The monoisotopic (exact) mass is 263 g/mol. The summed E-state index contributed by atoms with van der Waals surface area (Å²) < 4.78 is 7.69. The summed E-state index contributed by atoms with van der Waals surface area (Å²) >= 11 is 0. The molecule has 2 heterocycles. The van der Waals surface area contributed by atoms with E-state index in [9.17, 15) is 0 Å². The average Bonchev–Trinajstić information content (AvgIpc) is 3.09. The number of rotatable bonds is 2. The van der Waals surface area contributed by atoms with E-state index in [1.807, 2.05) is 31.2 Å². The molecule has 0 amide bonds. The third-order valence-electron chi connectivity index (χ3n) is 3.72. The van der Waals surface area contributed by atoms with Gasteiger partial charge in [0.1, 0.15) is 17.8 Å². The van der Waals surface area contributed by atoms with E-state index in [4.69, 9.17) is 14.7 Å². The Morgan fingerprint density at radius 1 is 1.35 bits per heavy atom. The fourth-order valence-corrected chi connectivity index (χ4v) is 2.64. The Morgan fingerprint density at radius 3 is 2.85 bits per heavy atom. The van der Waals surface area contributed by atoms with Gasteiger partial charge in [-0.15, -0.1) is 0 Å². The molecule has 0 N–H and O–H groups in total. The zero-order chi connectivity index (χ0) is 13.7. The Morgan fingerprint density at radius 2 is 2.20 bits per heavy atom. The van der Waals surface area contributed by atoms with Crippen LogP contribution in [0.15, 0.2) is 34.9 Å². The summed E-state index contributed by atoms with van der Waals surface area (Å²) in [7, 11) is 0. The number of benzene rings is 1. The van der Waals surface area contributed by atoms with Gasteiger partial charge in [-0.2, -0.15) is 5.26 Å². The van der Waals surface area contributed by atoms with Crippen LogP contribution in [0.1, 0.15) is 30.2 Å². The summed E-state index contributed by atoms with van der Waals surface area (Å²) in [5.41, 5.74) is 3.63. The number of hydrogen-bond acceptors (Lipinski definition) is 3. The quantitative estimate of drug-likeness (QED) is 0.706. The largest absolute Gasteiger partial charge is 0.469 e. The first-order chi connectivity index (χ1) is 9.76. The highest BCUT2D eigenvalue weighted by atomic mass is 16.3. The normalized spacial score (nSPS) is 14.6. The number of imidazole rings is 1. The van der Waals surface area contributed by atoms with E-state index in [0.717, 1.165) is 28.2 Å². The molecule has 1 aromatic carbocycles. The molecular weight excluding hydrogens is 250 g/mol. The van der Waals surface area contributed by atoms with Crippen molar-refractivity contribution in [2.75, 3.05) is 0 Å². The zero-order valence-electron chi connectivity index (χ0n) is 11.1. The molecule has 1 aliphatic carbocycles. The summed E-state index contributed by atoms with van der Waals surface area (Å²) in [5.74, 6) is 1.82. The maximum Gasteiger partial charge on any atom is 0.144 e. The van der Waals surface area contributed by atoms with E-state index >= 15 is 0 Å². The van der Waals surface area contributed by atoms with Crippen molar-refractivity contribution in [1.82, 2.24) is 9.55 Å². The van der Waals surface area contributed by atoms with Crippen molar-refractivity contribution in [2.45, 2.75) is 25.8 Å². The van der Waals surface area contributed by atoms with E-state index in [2.05, 4.69) is 10.6 Å². The predicted molar refractivity (Wildman–Crippen MR) is 75.2 cm³/mol. The average molecular weight is 263 g/mol. The van der Waals surface area contributed by atoms with Crippen LogP contribution in [0.5, 0.6) is 0 Å². The maximum atomic E-state index is 9.02. The van der Waals surface area contributed by atoms with Crippen LogP contribution in [0.25, 0.3) is 22.4 Å². The molecule has 1 aliphatic rings. The van der Waals surface area contributed by atoms with Gasteiger partial charge in [-0.05, 0) is 44.0 Å². The van der Waals surface area contributed by atoms with Crippen molar-refractivity contribution >= 4 is 11.0 Å². The molecule has 20 heavy (non-hydrogen) atoms. The van der Waals surface area contributed by atoms with E-state index in [-0.39, 0.29) is 0 Å². The van der Waals surface area contributed by atoms with Crippen LogP contribution in [0, 0.1) is 18.3 Å². The molecule has 1 fully saturated rings.